The Kier molecular flexibility index (Phi) is 5.45. The molecule has 0 spiro atoms. The lowest BCUT2D eigenvalue weighted by molar-refractivity contribution is -0.126. The number of hydrogen-bond acceptors (Lipinski definition) is 6. The van der Waals surface area contributed by atoms with Crippen LogP contribution in [0.2, 0.25) is 0 Å². The minimum absolute atomic E-state index is 0.00942. The Balaban J connectivity index is 1.12. The lowest BCUT2D eigenvalue weighted by Crippen LogP contribution is -2.43. The number of rotatable bonds is 5. The molecule has 0 unspecified atom stereocenters. The summed E-state index contributed by atoms with van der Waals surface area (Å²) >= 11 is 0. The van der Waals surface area contributed by atoms with Crippen LogP contribution in [-0.4, -0.2) is 51.8 Å². The van der Waals surface area contributed by atoms with Crippen molar-refractivity contribution in [1.82, 2.24) is 25.4 Å². The number of fused-ring (bicyclic) bond motifs is 1. The average molecular weight is 433 g/mol. The van der Waals surface area contributed by atoms with Gasteiger partial charge in [0.25, 0.3) is 5.91 Å². The van der Waals surface area contributed by atoms with Crippen molar-refractivity contribution in [3.63, 3.8) is 0 Å². The fourth-order valence-corrected chi connectivity index (χ4v) is 3.99. The van der Waals surface area contributed by atoms with Crippen LogP contribution in [-0.2, 0) is 11.3 Å². The van der Waals surface area contributed by atoms with E-state index in [1.54, 1.807) is 23.4 Å². The molecule has 1 aromatic carbocycles. The van der Waals surface area contributed by atoms with Crippen molar-refractivity contribution in [2.45, 2.75) is 19.4 Å². The number of ether oxygens (including phenoxy) is 2. The molecule has 164 valence electrons. The highest BCUT2D eigenvalue weighted by Crippen LogP contribution is 2.32. The van der Waals surface area contributed by atoms with E-state index in [9.17, 15) is 9.59 Å². The number of aromatic amines is 1. The maximum Gasteiger partial charge on any atom is 0.271 e. The first-order valence-electron chi connectivity index (χ1n) is 10.6. The average Bonchev–Trinajstić information content (AvgIpc) is 3.52. The lowest BCUT2D eigenvalue weighted by Gasteiger charge is -2.31. The molecule has 4 heterocycles. The number of carbonyl (C=O) groups is 2. The quantitative estimate of drug-likeness (QED) is 0.639. The first-order valence-corrected chi connectivity index (χ1v) is 10.6. The first kappa shape index (κ1) is 20.0. The van der Waals surface area contributed by atoms with E-state index < -0.39 is 0 Å². The van der Waals surface area contributed by atoms with Crippen LogP contribution in [0.5, 0.6) is 11.5 Å². The fraction of sp³-hybridized carbons (Fsp3) is 0.304. The van der Waals surface area contributed by atoms with Crippen molar-refractivity contribution in [3.05, 3.63) is 60.0 Å². The Labute approximate surface area is 184 Å². The van der Waals surface area contributed by atoms with Crippen LogP contribution in [0.4, 0.5) is 0 Å². The van der Waals surface area contributed by atoms with Crippen LogP contribution >= 0.6 is 0 Å². The van der Waals surface area contributed by atoms with Crippen molar-refractivity contribution in [2.75, 3.05) is 19.9 Å². The van der Waals surface area contributed by atoms with Crippen molar-refractivity contribution < 1.29 is 19.1 Å². The summed E-state index contributed by atoms with van der Waals surface area (Å²) < 4.78 is 10.7. The van der Waals surface area contributed by atoms with Crippen molar-refractivity contribution in [2.24, 2.45) is 5.92 Å². The third-order valence-corrected chi connectivity index (χ3v) is 5.82. The Morgan fingerprint density at radius 3 is 2.78 bits per heavy atom. The van der Waals surface area contributed by atoms with Gasteiger partial charge in [-0.3, -0.25) is 19.7 Å². The Bertz CT molecular complexity index is 1120. The second-order valence-electron chi connectivity index (χ2n) is 7.88. The van der Waals surface area contributed by atoms with Crippen molar-refractivity contribution in [1.29, 1.82) is 0 Å². The molecule has 5 rings (SSSR count). The van der Waals surface area contributed by atoms with Gasteiger partial charge in [-0.2, -0.15) is 5.10 Å². The topological polar surface area (TPSA) is 109 Å². The summed E-state index contributed by atoms with van der Waals surface area (Å²) in [6, 6.07) is 11.1. The number of benzene rings is 1. The zero-order valence-electron chi connectivity index (χ0n) is 17.4. The van der Waals surface area contributed by atoms with Crippen LogP contribution in [0, 0.1) is 5.92 Å². The molecule has 9 nitrogen and oxygen atoms in total. The van der Waals surface area contributed by atoms with Gasteiger partial charge >= 0.3 is 0 Å². The summed E-state index contributed by atoms with van der Waals surface area (Å²) in [5.41, 5.74) is 2.92. The van der Waals surface area contributed by atoms with Crippen LogP contribution in [0.25, 0.3) is 11.3 Å². The van der Waals surface area contributed by atoms with Crippen LogP contribution in [0.15, 0.2) is 48.8 Å². The summed E-state index contributed by atoms with van der Waals surface area (Å²) in [5.74, 6) is 1.22. The van der Waals surface area contributed by atoms with Crippen LogP contribution in [0.3, 0.4) is 0 Å². The molecule has 0 saturated carbocycles. The smallest absolute Gasteiger partial charge is 0.271 e. The number of piperidine rings is 1. The molecule has 2 aromatic heterocycles. The van der Waals surface area contributed by atoms with Gasteiger partial charge in [0.2, 0.25) is 12.7 Å². The SMILES string of the molecule is O=C(NCc1ccc2c(c1)OCO2)C1CCN(C(=O)c2cc(-c3cccnc3)n[nH]2)CC1. The van der Waals surface area contributed by atoms with E-state index in [-0.39, 0.29) is 24.5 Å². The number of nitrogens with one attached hydrogen (secondary N) is 2. The molecule has 0 radical (unpaired) electrons. The van der Waals surface area contributed by atoms with E-state index in [2.05, 4.69) is 20.5 Å². The molecule has 0 bridgehead atoms. The molecule has 3 aromatic rings. The normalized spacial score (nSPS) is 15.6. The van der Waals surface area contributed by atoms with Crippen LogP contribution < -0.4 is 14.8 Å². The molecular weight excluding hydrogens is 410 g/mol. The lowest BCUT2D eigenvalue weighted by atomic mass is 9.95. The largest absolute Gasteiger partial charge is 0.454 e. The second-order valence-corrected chi connectivity index (χ2v) is 7.88. The Morgan fingerprint density at radius 1 is 1.12 bits per heavy atom. The molecule has 1 fully saturated rings. The second kappa shape index (κ2) is 8.70. The summed E-state index contributed by atoms with van der Waals surface area (Å²) in [5, 5.41) is 10.0. The number of likely N-dealkylation sites (tertiary alicyclic amines) is 1. The van der Waals surface area contributed by atoms with E-state index in [1.807, 2.05) is 30.3 Å². The van der Waals surface area contributed by atoms with E-state index in [1.165, 1.54) is 0 Å². The molecule has 9 heteroatoms. The van der Waals surface area contributed by atoms with Crippen molar-refractivity contribution >= 4 is 11.8 Å². The van der Waals surface area contributed by atoms with Gasteiger partial charge in [0, 0.05) is 43.5 Å². The molecule has 0 atom stereocenters. The summed E-state index contributed by atoms with van der Waals surface area (Å²) in [6.45, 7) is 1.72. The summed E-state index contributed by atoms with van der Waals surface area (Å²) in [7, 11) is 0. The maximum absolute atomic E-state index is 12.8. The zero-order chi connectivity index (χ0) is 21.9. The van der Waals surface area contributed by atoms with Gasteiger partial charge < -0.3 is 19.7 Å². The minimum atomic E-state index is -0.110. The molecule has 0 aliphatic carbocycles. The number of carbonyl (C=O) groups excluding carboxylic acids is 2. The van der Waals surface area contributed by atoms with Gasteiger partial charge in [0.15, 0.2) is 11.5 Å². The van der Waals surface area contributed by atoms with E-state index in [4.69, 9.17) is 9.47 Å². The number of H-pyrrole nitrogens is 1. The van der Waals surface area contributed by atoms with E-state index in [0.29, 0.717) is 49.6 Å². The number of nitrogens with zero attached hydrogens (tertiary/aromatic N) is 3. The summed E-state index contributed by atoms with van der Waals surface area (Å²) in [4.78, 5) is 31.3. The molecule has 2 N–H and O–H groups in total. The predicted molar refractivity (Wildman–Crippen MR) is 115 cm³/mol. The predicted octanol–water partition coefficient (Wildman–Crippen LogP) is 2.37. The third-order valence-electron chi connectivity index (χ3n) is 5.82. The van der Waals surface area contributed by atoms with Gasteiger partial charge in [0.05, 0.1) is 5.69 Å². The molecule has 2 amide bonds. The van der Waals surface area contributed by atoms with Crippen LogP contribution in [0.1, 0.15) is 28.9 Å². The summed E-state index contributed by atoms with van der Waals surface area (Å²) in [6.07, 6.45) is 4.65. The molecule has 1 saturated heterocycles. The minimum Gasteiger partial charge on any atom is -0.454 e. The number of hydrogen-bond donors (Lipinski definition) is 2. The number of pyridine rings is 1. The third kappa shape index (κ3) is 4.14. The van der Waals surface area contributed by atoms with E-state index >= 15 is 0 Å². The molecule has 32 heavy (non-hydrogen) atoms. The van der Waals surface area contributed by atoms with Gasteiger partial charge in [-0.15, -0.1) is 0 Å². The molecule has 2 aliphatic rings. The van der Waals surface area contributed by atoms with Gasteiger partial charge in [-0.25, -0.2) is 0 Å². The highest BCUT2D eigenvalue weighted by molar-refractivity contribution is 5.93. The van der Waals surface area contributed by atoms with Gasteiger partial charge in [0.1, 0.15) is 5.69 Å². The Hall–Kier alpha value is -3.88. The standard InChI is InChI=1S/C23H23N5O4/c29-22(25-12-15-3-4-20-21(10-15)32-14-31-20)16-5-8-28(9-6-16)23(30)19-11-18(26-27-19)17-2-1-7-24-13-17/h1-4,7,10-11,13,16H,5-6,8-9,12,14H2,(H,25,29)(H,26,27). The highest BCUT2D eigenvalue weighted by atomic mass is 16.7. The number of aromatic nitrogens is 3. The molecule has 2 aliphatic heterocycles. The maximum atomic E-state index is 12.8. The monoisotopic (exact) mass is 433 g/mol. The van der Waals surface area contributed by atoms with Gasteiger partial charge in [-0.05, 0) is 48.7 Å². The van der Waals surface area contributed by atoms with E-state index in [0.717, 1.165) is 16.9 Å². The van der Waals surface area contributed by atoms with Crippen molar-refractivity contribution in [3.8, 4) is 22.8 Å². The highest BCUT2D eigenvalue weighted by Gasteiger charge is 2.28. The first-order chi connectivity index (χ1) is 15.7. The number of amides is 2. The fourth-order valence-electron chi connectivity index (χ4n) is 3.99. The Morgan fingerprint density at radius 2 is 1.97 bits per heavy atom. The zero-order valence-corrected chi connectivity index (χ0v) is 17.4. The molecular formula is C23H23N5O4. The van der Waals surface area contributed by atoms with Gasteiger partial charge in [-0.1, -0.05) is 6.07 Å².